The van der Waals surface area contributed by atoms with Crippen LogP contribution in [0.5, 0.6) is 0 Å². The lowest BCUT2D eigenvalue weighted by atomic mass is 11.4. The van der Waals surface area contributed by atoms with E-state index in [9.17, 15) is 0 Å². The van der Waals surface area contributed by atoms with Crippen molar-refractivity contribution in [2.45, 2.75) is 0 Å². The lowest BCUT2D eigenvalue weighted by molar-refractivity contribution is 0.846. The van der Waals surface area contributed by atoms with Crippen LogP contribution >= 0.6 is 23.4 Å². The summed E-state index contributed by atoms with van der Waals surface area (Å²) in [5.74, 6) is 0. The van der Waals surface area contributed by atoms with E-state index in [0.29, 0.717) is 0 Å². The average molecular weight is 139 g/mol. The third-order valence-electron chi connectivity index (χ3n) is 0.398. The Morgan fingerprint density at radius 1 is 1.57 bits per heavy atom. The molecule has 0 aliphatic rings. The number of halogens is 2. The van der Waals surface area contributed by atoms with Crippen molar-refractivity contribution in [1.29, 1.82) is 0 Å². The Labute approximate surface area is 49.1 Å². The molecule has 0 saturated carbocycles. The fourth-order valence-electron chi connectivity index (χ4n) is 0.166. The molecule has 1 rings (SSSR count). The second-order valence-electron chi connectivity index (χ2n) is 0.808. The first kappa shape index (κ1) is 4.80. The summed E-state index contributed by atoms with van der Waals surface area (Å²) < 4.78 is 0.849. The van der Waals surface area contributed by atoms with Gasteiger partial charge in [0.05, 0.1) is 0 Å². The molecule has 0 amide bonds. The van der Waals surface area contributed by atoms with Gasteiger partial charge in [0.1, 0.15) is 0 Å². The highest BCUT2D eigenvalue weighted by Gasteiger charge is 1.93. The topological polar surface area (TPSA) is 43.6 Å². The van der Waals surface area contributed by atoms with Crippen LogP contribution in [-0.2, 0) is 0 Å². The highest BCUT2D eigenvalue weighted by atomic mass is 35.5. The predicted molar refractivity (Wildman–Crippen MR) is 24.1 cm³/mol. The Bertz CT molecular complexity index is 142. The van der Waals surface area contributed by atoms with E-state index in [4.69, 9.17) is 23.4 Å². The molecule has 0 N–H and O–H groups in total. The second-order valence-corrected chi connectivity index (χ2v) is 1.47. The molecule has 38 valence electrons. The van der Waals surface area contributed by atoms with Crippen molar-refractivity contribution in [3.8, 4) is 0 Å². The molecule has 1 heterocycles. The number of aromatic nitrogens is 4. The van der Waals surface area contributed by atoms with E-state index >= 15 is 0 Å². The fourth-order valence-corrected chi connectivity index (χ4v) is 0.297. The maximum absolute atomic E-state index is 5.22. The predicted octanol–water partition coefficient (Wildman–Crippen LogP) is 0.328. The summed E-state index contributed by atoms with van der Waals surface area (Å²) in [5, 5.41) is 9.65. The summed E-state index contributed by atoms with van der Waals surface area (Å²) >= 11 is 10.4. The van der Waals surface area contributed by atoms with Gasteiger partial charge in [-0.2, -0.15) is 0 Å². The standard InChI is InChI=1S/CCl2N4/c2-1-4-5-6-7(1)3. The van der Waals surface area contributed by atoms with Gasteiger partial charge < -0.3 is 0 Å². The molecule has 0 atom stereocenters. The zero-order valence-electron chi connectivity index (χ0n) is 3.04. The van der Waals surface area contributed by atoms with Gasteiger partial charge in [-0.15, -0.1) is 4.20 Å². The summed E-state index contributed by atoms with van der Waals surface area (Å²) in [7, 11) is 0. The van der Waals surface area contributed by atoms with Gasteiger partial charge in [-0.05, 0) is 22.0 Å². The second kappa shape index (κ2) is 1.63. The molecule has 0 aliphatic heterocycles. The SMILES string of the molecule is Clc1nnnn1Cl. The third kappa shape index (κ3) is 0.808. The van der Waals surface area contributed by atoms with Crippen LogP contribution in [0.4, 0.5) is 0 Å². The number of tetrazole rings is 1. The smallest absolute Gasteiger partial charge is 0.120 e. The Morgan fingerprint density at radius 2 is 2.29 bits per heavy atom. The molecule has 0 unspecified atom stereocenters. The van der Waals surface area contributed by atoms with E-state index in [1.807, 2.05) is 0 Å². The van der Waals surface area contributed by atoms with Crippen LogP contribution in [0.1, 0.15) is 0 Å². The van der Waals surface area contributed by atoms with E-state index in [0.717, 1.165) is 4.20 Å². The molecule has 0 saturated heterocycles. The molecular weight excluding hydrogens is 139 g/mol. The monoisotopic (exact) mass is 138 g/mol. The van der Waals surface area contributed by atoms with Crippen LogP contribution in [0.3, 0.4) is 0 Å². The van der Waals surface area contributed by atoms with Gasteiger partial charge in [0.15, 0.2) is 0 Å². The molecule has 1 aromatic rings. The summed E-state index contributed by atoms with van der Waals surface area (Å²) in [6, 6.07) is 0. The minimum Gasteiger partial charge on any atom is -0.120 e. The minimum absolute atomic E-state index is 0.0710. The lowest BCUT2D eigenvalue weighted by Gasteiger charge is -1.74. The molecule has 4 nitrogen and oxygen atoms in total. The van der Waals surface area contributed by atoms with Gasteiger partial charge in [-0.3, -0.25) is 0 Å². The van der Waals surface area contributed by atoms with Gasteiger partial charge in [0.25, 0.3) is 5.28 Å². The summed E-state index contributed by atoms with van der Waals surface area (Å²) in [6.07, 6.45) is 0. The number of rotatable bonds is 0. The fraction of sp³-hybridized carbons (Fsp3) is 0. The Hall–Kier alpha value is -0.350. The number of hydrogen-bond acceptors (Lipinski definition) is 3. The van der Waals surface area contributed by atoms with Gasteiger partial charge in [0.2, 0.25) is 0 Å². The van der Waals surface area contributed by atoms with E-state index < -0.39 is 0 Å². The average Bonchev–Trinajstić information content (AvgIpc) is 1.91. The maximum Gasteiger partial charge on any atom is 0.259 e. The molecule has 7 heavy (non-hydrogen) atoms. The molecule has 0 bridgehead atoms. The van der Waals surface area contributed by atoms with Crippen molar-refractivity contribution < 1.29 is 0 Å². The number of hydrogen-bond donors (Lipinski definition) is 0. The highest BCUT2D eigenvalue weighted by Crippen LogP contribution is 1.99. The maximum atomic E-state index is 5.22. The molecule has 6 heteroatoms. The first-order valence-electron chi connectivity index (χ1n) is 1.41. The normalized spacial score (nSPS) is 9.43. The Balaban J connectivity index is 3.12. The van der Waals surface area contributed by atoms with Crippen molar-refractivity contribution in [2.24, 2.45) is 0 Å². The van der Waals surface area contributed by atoms with Crippen molar-refractivity contribution in [1.82, 2.24) is 19.7 Å². The molecular formula is CCl2N4. The molecule has 0 aromatic carbocycles. The molecule has 0 fully saturated rings. The van der Waals surface area contributed by atoms with Crippen molar-refractivity contribution in [3.63, 3.8) is 0 Å². The number of nitrogens with zero attached hydrogens (tertiary/aromatic N) is 4. The van der Waals surface area contributed by atoms with Crippen molar-refractivity contribution in [3.05, 3.63) is 5.28 Å². The van der Waals surface area contributed by atoms with Crippen LogP contribution in [-0.4, -0.2) is 19.7 Å². The van der Waals surface area contributed by atoms with E-state index in [1.165, 1.54) is 0 Å². The first-order chi connectivity index (χ1) is 3.30. The van der Waals surface area contributed by atoms with Crippen LogP contribution in [0.25, 0.3) is 0 Å². The van der Waals surface area contributed by atoms with E-state index in [2.05, 4.69) is 15.5 Å². The zero-order chi connectivity index (χ0) is 5.28. The van der Waals surface area contributed by atoms with Crippen molar-refractivity contribution >= 4 is 23.4 Å². The lowest BCUT2D eigenvalue weighted by Crippen LogP contribution is -1.79. The highest BCUT2D eigenvalue weighted by molar-refractivity contribution is 6.31. The Morgan fingerprint density at radius 3 is 2.43 bits per heavy atom. The molecule has 0 radical (unpaired) electrons. The molecule has 0 spiro atoms. The summed E-state index contributed by atoms with van der Waals surface area (Å²) in [4.78, 5) is 0. The third-order valence-corrected chi connectivity index (χ3v) is 0.948. The van der Waals surface area contributed by atoms with Gasteiger partial charge in [-0.1, -0.05) is 5.10 Å². The quantitative estimate of drug-likeness (QED) is 0.520. The van der Waals surface area contributed by atoms with Crippen LogP contribution in [0.2, 0.25) is 5.28 Å². The van der Waals surface area contributed by atoms with Crippen LogP contribution in [0, 0.1) is 0 Å². The van der Waals surface area contributed by atoms with E-state index in [1.54, 1.807) is 0 Å². The minimum atomic E-state index is 0.0710. The van der Waals surface area contributed by atoms with Gasteiger partial charge in [0, 0.05) is 11.8 Å². The Kier molecular flexibility index (Phi) is 1.12. The van der Waals surface area contributed by atoms with E-state index in [-0.39, 0.29) is 5.28 Å². The molecule has 0 aliphatic carbocycles. The van der Waals surface area contributed by atoms with Gasteiger partial charge >= 0.3 is 0 Å². The van der Waals surface area contributed by atoms with Crippen LogP contribution < -0.4 is 0 Å². The zero-order valence-corrected chi connectivity index (χ0v) is 4.56. The van der Waals surface area contributed by atoms with Crippen LogP contribution in [0.15, 0.2) is 0 Å². The first-order valence-corrected chi connectivity index (χ1v) is 2.12. The molecule has 1 aromatic heterocycles. The largest absolute Gasteiger partial charge is 0.259 e. The van der Waals surface area contributed by atoms with Gasteiger partial charge in [-0.25, -0.2) is 0 Å². The summed E-state index contributed by atoms with van der Waals surface area (Å²) in [5.41, 5.74) is 0. The van der Waals surface area contributed by atoms with Crippen molar-refractivity contribution in [2.75, 3.05) is 0 Å². The summed E-state index contributed by atoms with van der Waals surface area (Å²) in [6.45, 7) is 0.